The van der Waals surface area contributed by atoms with Gasteiger partial charge in [-0.2, -0.15) is 0 Å². The summed E-state index contributed by atoms with van der Waals surface area (Å²) in [5.41, 5.74) is 2.03. The van der Waals surface area contributed by atoms with Gasteiger partial charge in [-0.15, -0.1) is 0 Å². The second-order valence-electron chi connectivity index (χ2n) is 5.95. The number of aliphatic hydroxyl groups is 1. The third-order valence-electron chi connectivity index (χ3n) is 4.08. The van der Waals surface area contributed by atoms with E-state index in [4.69, 9.17) is 9.84 Å². The van der Waals surface area contributed by atoms with Crippen LogP contribution in [0.2, 0.25) is 0 Å². The Morgan fingerprint density at radius 2 is 2.04 bits per heavy atom. The van der Waals surface area contributed by atoms with Crippen molar-refractivity contribution in [3.05, 3.63) is 53.6 Å². The highest BCUT2D eigenvalue weighted by Crippen LogP contribution is 2.33. The van der Waals surface area contributed by atoms with Gasteiger partial charge in [0, 0.05) is 18.4 Å². The number of nitrogens with zero attached hydrogens (tertiary/aromatic N) is 1. The molecule has 1 heterocycles. The van der Waals surface area contributed by atoms with Gasteiger partial charge in [0.1, 0.15) is 19.0 Å². The zero-order valence-corrected chi connectivity index (χ0v) is 14.6. The predicted octanol–water partition coefficient (Wildman–Crippen LogP) is 1.66. The Morgan fingerprint density at radius 1 is 1.24 bits per heavy atom. The number of hydrogen-bond acceptors (Lipinski definition) is 6. The van der Waals surface area contributed by atoms with Crippen molar-refractivity contribution >= 4 is 21.3 Å². The van der Waals surface area contributed by atoms with Gasteiger partial charge >= 0.3 is 0 Å². The number of Topliss-reactive ketones (excluding diaryl/α,β-unsaturated/α-hetero) is 1. The van der Waals surface area contributed by atoms with E-state index in [1.807, 2.05) is 11.0 Å². The van der Waals surface area contributed by atoms with Gasteiger partial charge in [-0.25, -0.2) is 8.42 Å². The van der Waals surface area contributed by atoms with Crippen LogP contribution in [0.1, 0.15) is 15.9 Å². The van der Waals surface area contributed by atoms with E-state index >= 15 is 0 Å². The summed E-state index contributed by atoms with van der Waals surface area (Å²) in [4.78, 5) is 14.1. The van der Waals surface area contributed by atoms with E-state index in [1.54, 1.807) is 36.4 Å². The summed E-state index contributed by atoms with van der Waals surface area (Å²) in [6.45, 7) is 1.07. The van der Waals surface area contributed by atoms with Crippen LogP contribution in [-0.4, -0.2) is 45.3 Å². The highest BCUT2D eigenvalue weighted by Gasteiger charge is 2.20. The topological polar surface area (TPSA) is 83.9 Å². The van der Waals surface area contributed by atoms with Crippen molar-refractivity contribution in [3.63, 3.8) is 0 Å². The minimum Gasteiger partial charge on any atom is -0.490 e. The van der Waals surface area contributed by atoms with Gasteiger partial charge in [-0.3, -0.25) is 4.79 Å². The molecule has 1 N–H and O–H groups in total. The van der Waals surface area contributed by atoms with Crippen LogP contribution >= 0.6 is 0 Å². The first-order chi connectivity index (χ1) is 11.9. The third-order valence-corrected chi connectivity index (χ3v) is 5.19. The van der Waals surface area contributed by atoms with Crippen molar-refractivity contribution in [2.45, 2.75) is 11.4 Å². The number of ether oxygens (including phenoxy) is 1. The van der Waals surface area contributed by atoms with Crippen LogP contribution < -0.4 is 9.64 Å². The number of carbonyl (C=O) groups is 1. The molecule has 0 atom stereocenters. The highest BCUT2D eigenvalue weighted by atomic mass is 32.2. The molecule has 1 aliphatic rings. The zero-order valence-electron chi connectivity index (χ0n) is 13.8. The second-order valence-corrected chi connectivity index (χ2v) is 7.97. The smallest absolute Gasteiger partial charge is 0.188 e. The third kappa shape index (κ3) is 3.83. The number of hydrogen-bond donors (Lipinski definition) is 1. The summed E-state index contributed by atoms with van der Waals surface area (Å²) in [7, 11) is -3.26. The van der Waals surface area contributed by atoms with Crippen LogP contribution in [0.4, 0.5) is 5.69 Å². The largest absolute Gasteiger partial charge is 0.490 e. The van der Waals surface area contributed by atoms with Gasteiger partial charge in [0.15, 0.2) is 15.6 Å². The molecule has 0 unspecified atom stereocenters. The molecule has 0 bridgehead atoms. The molecule has 2 aromatic rings. The summed E-state index contributed by atoms with van der Waals surface area (Å²) >= 11 is 0. The van der Waals surface area contributed by atoms with Crippen LogP contribution in [-0.2, 0) is 16.4 Å². The molecule has 132 valence electrons. The lowest BCUT2D eigenvalue weighted by Crippen LogP contribution is -2.32. The summed E-state index contributed by atoms with van der Waals surface area (Å²) in [5, 5.41) is 9.05. The molecular weight excluding hydrogens is 342 g/mol. The van der Waals surface area contributed by atoms with Crippen LogP contribution in [0.25, 0.3) is 0 Å². The summed E-state index contributed by atoms with van der Waals surface area (Å²) in [6.07, 6.45) is 1.18. The van der Waals surface area contributed by atoms with Crippen LogP contribution in [0.5, 0.6) is 5.75 Å². The number of ketones is 1. The van der Waals surface area contributed by atoms with Gasteiger partial charge in [0.05, 0.1) is 17.1 Å². The highest BCUT2D eigenvalue weighted by molar-refractivity contribution is 7.90. The number of fused-ring (bicyclic) bond motifs is 1. The van der Waals surface area contributed by atoms with Gasteiger partial charge in [0.25, 0.3) is 0 Å². The van der Waals surface area contributed by atoms with E-state index < -0.39 is 16.4 Å². The predicted molar refractivity (Wildman–Crippen MR) is 94.0 cm³/mol. The van der Waals surface area contributed by atoms with Gasteiger partial charge in [0.2, 0.25) is 0 Å². The molecule has 1 aliphatic heterocycles. The summed E-state index contributed by atoms with van der Waals surface area (Å²) in [5.74, 6) is 0.312. The van der Waals surface area contributed by atoms with E-state index in [9.17, 15) is 13.2 Å². The number of benzene rings is 2. The lowest BCUT2D eigenvalue weighted by Gasteiger charge is -2.31. The molecule has 0 aromatic heterocycles. The maximum Gasteiger partial charge on any atom is 0.188 e. The summed E-state index contributed by atoms with van der Waals surface area (Å²) in [6, 6.07) is 11.9. The molecular formula is C18H19NO5S. The second kappa shape index (κ2) is 6.85. The quantitative estimate of drug-likeness (QED) is 0.816. The molecule has 0 aliphatic carbocycles. The van der Waals surface area contributed by atoms with E-state index in [1.165, 1.54) is 6.26 Å². The number of aliphatic hydroxyl groups excluding tert-OH is 1. The Bertz CT molecular complexity index is 907. The SMILES string of the molecule is CS(=O)(=O)c1cccc(CN2CCOc3ccc(C(=O)CO)cc32)c1. The molecule has 7 heteroatoms. The van der Waals surface area contributed by atoms with Crippen molar-refractivity contribution < 1.29 is 23.1 Å². The maximum absolute atomic E-state index is 11.7. The monoisotopic (exact) mass is 361 g/mol. The fourth-order valence-electron chi connectivity index (χ4n) is 2.80. The molecule has 0 spiro atoms. The normalized spacial score (nSPS) is 13.9. The zero-order chi connectivity index (χ0) is 18.0. The molecule has 3 rings (SSSR count). The van der Waals surface area contributed by atoms with Crippen molar-refractivity contribution in [1.82, 2.24) is 0 Å². The maximum atomic E-state index is 11.7. The van der Waals surface area contributed by atoms with Gasteiger partial charge < -0.3 is 14.7 Å². The fraction of sp³-hybridized carbons (Fsp3) is 0.278. The van der Waals surface area contributed by atoms with E-state index in [2.05, 4.69) is 0 Å². The lowest BCUT2D eigenvalue weighted by molar-refractivity contribution is 0.0903. The first-order valence-electron chi connectivity index (χ1n) is 7.83. The molecule has 0 radical (unpaired) electrons. The Morgan fingerprint density at radius 3 is 2.76 bits per heavy atom. The van der Waals surface area contributed by atoms with Crippen molar-refractivity contribution in [1.29, 1.82) is 0 Å². The molecule has 0 saturated carbocycles. The standard InChI is InChI=1S/C18H19NO5S/c1-25(22,23)15-4-2-3-13(9-15)11-19-7-8-24-18-6-5-14(10-16(18)19)17(21)12-20/h2-6,9-10,20H,7-8,11-12H2,1H3. The molecule has 6 nitrogen and oxygen atoms in total. The van der Waals surface area contributed by atoms with Crippen molar-refractivity contribution in [2.24, 2.45) is 0 Å². The molecule has 0 fully saturated rings. The van der Waals surface area contributed by atoms with E-state index in [-0.39, 0.29) is 10.7 Å². The first-order valence-corrected chi connectivity index (χ1v) is 9.72. The number of rotatable bonds is 5. The molecule has 0 saturated heterocycles. The number of carbonyl (C=O) groups excluding carboxylic acids is 1. The van der Waals surface area contributed by atoms with Crippen LogP contribution in [0, 0.1) is 0 Å². The van der Waals surface area contributed by atoms with Crippen molar-refractivity contribution in [2.75, 3.05) is 30.9 Å². The first kappa shape index (κ1) is 17.4. The van der Waals surface area contributed by atoms with Crippen LogP contribution in [0.15, 0.2) is 47.4 Å². The average Bonchev–Trinajstić information content (AvgIpc) is 2.60. The van der Waals surface area contributed by atoms with Gasteiger partial charge in [-0.1, -0.05) is 12.1 Å². The van der Waals surface area contributed by atoms with Gasteiger partial charge in [-0.05, 0) is 35.9 Å². The Hall–Kier alpha value is -2.38. The average molecular weight is 361 g/mol. The fourth-order valence-corrected chi connectivity index (χ4v) is 3.49. The molecule has 2 aromatic carbocycles. The number of sulfone groups is 1. The minimum atomic E-state index is -3.26. The van der Waals surface area contributed by atoms with Crippen LogP contribution in [0.3, 0.4) is 0 Å². The Balaban J connectivity index is 1.92. The molecule has 25 heavy (non-hydrogen) atoms. The van der Waals surface area contributed by atoms with E-state index in [0.717, 1.165) is 11.3 Å². The Kier molecular flexibility index (Phi) is 4.78. The molecule has 0 amide bonds. The lowest BCUT2D eigenvalue weighted by atomic mass is 10.1. The minimum absolute atomic E-state index is 0.280. The summed E-state index contributed by atoms with van der Waals surface area (Å²) < 4.78 is 29.1. The van der Waals surface area contributed by atoms with Crippen molar-refractivity contribution in [3.8, 4) is 5.75 Å². The Labute approximate surface area is 146 Å². The van der Waals surface area contributed by atoms with E-state index in [0.29, 0.717) is 31.0 Å². The number of anilines is 1.